The first kappa shape index (κ1) is 20.0. The summed E-state index contributed by atoms with van der Waals surface area (Å²) in [6.07, 6.45) is 4.90. The average Bonchev–Trinajstić information content (AvgIpc) is 2.73. The van der Waals surface area contributed by atoms with E-state index in [0.29, 0.717) is 23.9 Å². The van der Waals surface area contributed by atoms with Gasteiger partial charge in [-0.3, -0.25) is 9.59 Å². The van der Waals surface area contributed by atoms with E-state index in [-0.39, 0.29) is 24.5 Å². The van der Waals surface area contributed by atoms with Crippen molar-refractivity contribution in [1.82, 2.24) is 10.2 Å². The summed E-state index contributed by atoms with van der Waals surface area (Å²) in [7, 11) is 0. The van der Waals surface area contributed by atoms with E-state index in [9.17, 15) is 9.59 Å². The molecule has 0 aliphatic carbocycles. The molecule has 1 aliphatic rings. The molecule has 3 rings (SSSR count). The summed E-state index contributed by atoms with van der Waals surface area (Å²) >= 11 is 5.82. The molecule has 0 bridgehead atoms. The summed E-state index contributed by atoms with van der Waals surface area (Å²) < 4.78 is 5.45. The first-order valence-corrected chi connectivity index (χ1v) is 9.68. The minimum Gasteiger partial charge on any atom is -0.484 e. The second-order valence-electron chi connectivity index (χ2n) is 6.65. The maximum Gasteiger partial charge on any atom is 0.258 e. The number of ether oxygens (including phenoxy) is 1. The van der Waals surface area contributed by atoms with Crippen LogP contribution in [0.2, 0.25) is 5.02 Å². The quantitative estimate of drug-likeness (QED) is 0.757. The summed E-state index contributed by atoms with van der Waals surface area (Å²) in [5, 5.41) is 3.59. The first-order valence-electron chi connectivity index (χ1n) is 9.30. The van der Waals surface area contributed by atoms with Gasteiger partial charge in [0.25, 0.3) is 5.91 Å². The topological polar surface area (TPSA) is 58.6 Å². The largest absolute Gasteiger partial charge is 0.484 e. The molecular weight excluding hydrogens is 376 g/mol. The Labute approximate surface area is 169 Å². The molecule has 2 aromatic carbocycles. The smallest absolute Gasteiger partial charge is 0.258 e. The van der Waals surface area contributed by atoms with Crippen molar-refractivity contribution in [3.8, 4) is 5.75 Å². The molecule has 6 heteroatoms. The van der Waals surface area contributed by atoms with Crippen LogP contribution in [0.15, 0.2) is 60.7 Å². The number of carbonyl (C=O) groups excluding carboxylic acids is 2. The van der Waals surface area contributed by atoms with Crippen LogP contribution in [0.5, 0.6) is 5.75 Å². The van der Waals surface area contributed by atoms with Crippen LogP contribution in [0.3, 0.4) is 0 Å². The van der Waals surface area contributed by atoms with Crippen molar-refractivity contribution >= 4 is 29.5 Å². The zero-order valence-corrected chi connectivity index (χ0v) is 16.3. The lowest BCUT2D eigenvalue weighted by Gasteiger charge is -2.31. The SMILES string of the molecule is O=C(COc1ccc(Cl)cc1)NC1CCN(C(=O)/C=C/c2ccccc2)CC1. The average molecular weight is 399 g/mol. The third-order valence-corrected chi connectivity index (χ3v) is 4.83. The highest BCUT2D eigenvalue weighted by atomic mass is 35.5. The lowest BCUT2D eigenvalue weighted by molar-refractivity contribution is -0.127. The predicted octanol–water partition coefficient (Wildman–Crippen LogP) is 3.54. The minimum atomic E-state index is -0.163. The molecule has 2 aromatic rings. The van der Waals surface area contributed by atoms with Crippen molar-refractivity contribution in [2.24, 2.45) is 0 Å². The molecule has 28 heavy (non-hydrogen) atoms. The number of likely N-dealkylation sites (tertiary alicyclic amines) is 1. The number of nitrogens with zero attached hydrogens (tertiary/aromatic N) is 1. The van der Waals surface area contributed by atoms with E-state index >= 15 is 0 Å². The van der Waals surface area contributed by atoms with Gasteiger partial charge in [-0.15, -0.1) is 0 Å². The van der Waals surface area contributed by atoms with Crippen molar-refractivity contribution in [2.45, 2.75) is 18.9 Å². The van der Waals surface area contributed by atoms with Gasteiger partial charge in [-0.2, -0.15) is 0 Å². The second kappa shape index (κ2) is 9.95. The van der Waals surface area contributed by atoms with Crippen LogP contribution in [0.4, 0.5) is 0 Å². The number of hydrogen-bond acceptors (Lipinski definition) is 3. The van der Waals surface area contributed by atoms with Crippen LogP contribution in [0, 0.1) is 0 Å². The van der Waals surface area contributed by atoms with Crippen molar-refractivity contribution in [3.63, 3.8) is 0 Å². The molecule has 1 saturated heterocycles. The van der Waals surface area contributed by atoms with Gasteiger partial charge in [-0.25, -0.2) is 0 Å². The first-order chi connectivity index (χ1) is 13.6. The number of rotatable bonds is 6. The molecule has 0 aromatic heterocycles. The zero-order valence-electron chi connectivity index (χ0n) is 15.5. The van der Waals surface area contributed by atoms with Crippen LogP contribution < -0.4 is 10.1 Å². The predicted molar refractivity (Wildman–Crippen MR) is 110 cm³/mol. The van der Waals surface area contributed by atoms with Gasteiger partial charge in [0.15, 0.2) is 6.61 Å². The van der Waals surface area contributed by atoms with E-state index in [1.54, 1.807) is 30.3 Å². The molecule has 0 atom stereocenters. The molecule has 1 fully saturated rings. The number of benzene rings is 2. The van der Waals surface area contributed by atoms with Crippen LogP contribution in [0.1, 0.15) is 18.4 Å². The summed E-state index contributed by atoms with van der Waals surface area (Å²) in [4.78, 5) is 26.2. The van der Waals surface area contributed by atoms with E-state index < -0.39 is 0 Å². The molecular formula is C22H23ClN2O3. The minimum absolute atomic E-state index is 0.000277. The van der Waals surface area contributed by atoms with E-state index in [4.69, 9.17) is 16.3 Å². The fourth-order valence-corrected chi connectivity index (χ4v) is 3.16. The van der Waals surface area contributed by atoms with E-state index in [1.165, 1.54) is 0 Å². The van der Waals surface area contributed by atoms with Crippen LogP contribution in [-0.2, 0) is 9.59 Å². The Hall–Kier alpha value is -2.79. The normalized spacial score (nSPS) is 14.8. The Kier molecular flexibility index (Phi) is 7.09. The highest BCUT2D eigenvalue weighted by Gasteiger charge is 2.22. The molecule has 0 radical (unpaired) electrons. The van der Waals surface area contributed by atoms with Crippen molar-refractivity contribution in [1.29, 1.82) is 0 Å². The maximum atomic E-state index is 12.3. The highest BCUT2D eigenvalue weighted by molar-refractivity contribution is 6.30. The molecule has 1 heterocycles. The third kappa shape index (κ3) is 6.13. The number of amides is 2. The molecule has 146 valence electrons. The van der Waals surface area contributed by atoms with Gasteiger partial charge >= 0.3 is 0 Å². The van der Waals surface area contributed by atoms with Crippen molar-refractivity contribution < 1.29 is 14.3 Å². The Balaban J connectivity index is 1.38. The maximum absolute atomic E-state index is 12.3. The van der Waals surface area contributed by atoms with Gasteiger partial charge in [0.1, 0.15) is 5.75 Å². The van der Waals surface area contributed by atoms with Gasteiger partial charge in [0.05, 0.1) is 0 Å². The molecule has 0 spiro atoms. The van der Waals surface area contributed by atoms with Crippen molar-refractivity contribution in [3.05, 3.63) is 71.3 Å². The second-order valence-corrected chi connectivity index (χ2v) is 7.09. The summed E-state index contributed by atoms with van der Waals surface area (Å²) in [6.45, 7) is 1.21. The van der Waals surface area contributed by atoms with Crippen LogP contribution >= 0.6 is 11.6 Å². The lowest BCUT2D eigenvalue weighted by atomic mass is 10.0. The standard InChI is InChI=1S/C22H23ClN2O3/c23-18-7-9-20(10-8-18)28-16-21(26)24-19-12-14-25(15-13-19)22(27)11-6-17-4-2-1-3-5-17/h1-11,19H,12-16H2,(H,24,26)/b11-6+. The Morgan fingerprint density at radius 1 is 1.07 bits per heavy atom. The fraction of sp³-hybridized carbons (Fsp3) is 0.273. The number of hydrogen-bond donors (Lipinski definition) is 1. The number of halogens is 1. The highest BCUT2D eigenvalue weighted by Crippen LogP contribution is 2.16. The van der Waals surface area contributed by atoms with E-state index in [1.807, 2.05) is 41.3 Å². The monoisotopic (exact) mass is 398 g/mol. The Bertz CT molecular complexity index is 813. The zero-order chi connectivity index (χ0) is 19.8. The molecule has 5 nitrogen and oxygen atoms in total. The number of nitrogens with one attached hydrogen (secondary N) is 1. The molecule has 1 N–H and O–H groups in total. The van der Waals surface area contributed by atoms with Gasteiger partial charge in [0.2, 0.25) is 5.91 Å². The van der Waals surface area contributed by atoms with Gasteiger partial charge < -0.3 is 15.0 Å². The lowest BCUT2D eigenvalue weighted by Crippen LogP contribution is -2.47. The fourth-order valence-electron chi connectivity index (χ4n) is 3.03. The Morgan fingerprint density at radius 2 is 1.75 bits per heavy atom. The summed E-state index contributed by atoms with van der Waals surface area (Å²) in [6, 6.07) is 16.7. The molecule has 0 unspecified atom stereocenters. The van der Waals surface area contributed by atoms with Crippen LogP contribution in [-0.4, -0.2) is 42.5 Å². The van der Waals surface area contributed by atoms with Gasteiger partial charge in [0, 0.05) is 30.2 Å². The molecule has 2 amide bonds. The third-order valence-electron chi connectivity index (χ3n) is 4.57. The van der Waals surface area contributed by atoms with E-state index in [0.717, 1.165) is 18.4 Å². The van der Waals surface area contributed by atoms with E-state index in [2.05, 4.69) is 5.32 Å². The van der Waals surface area contributed by atoms with Gasteiger partial charge in [-0.1, -0.05) is 41.9 Å². The van der Waals surface area contributed by atoms with Crippen LogP contribution in [0.25, 0.3) is 6.08 Å². The molecule has 1 aliphatic heterocycles. The Morgan fingerprint density at radius 3 is 2.43 bits per heavy atom. The number of carbonyl (C=O) groups is 2. The van der Waals surface area contributed by atoms with Gasteiger partial charge in [-0.05, 0) is 48.7 Å². The molecule has 0 saturated carbocycles. The summed E-state index contributed by atoms with van der Waals surface area (Å²) in [5.74, 6) is 0.438. The van der Waals surface area contributed by atoms with Crippen molar-refractivity contribution in [2.75, 3.05) is 19.7 Å². The number of piperidine rings is 1. The summed E-state index contributed by atoms with van der Waals surface area (Å²) in [5.41, 5.74) is 0.999.